The molecule has 0 spiro atoms. The molecule has 21 nitrogen and oxygen atoms in total. The molecule has 3 aliphatic heterocycles. The van der Waals surface area contributed by atoms with Crippen LogP contribution in [0.25, 0.3) is 31.8 Å². The van der Waals surface area contributed by atoms with E-state index >= 15 is 0 Å². The number of piperidine rings is 1. The Morgan fingerprint density at radius 2 is 1.57 bits per heavy atom. The summed E-state index contributed by atoms with van der Waals surface area (Å²) in [5, 5.41) is 36.0. The van der Waals surface area contributed by atoms with Crippen LogP contribution >= 0.6 is 22.7 Å². The molecule has 4 aromatic carbocycles. The number of aromatic nitrogens is 5. The van der Waals surface area contributed by atoms with Crippen molar-refractivity contribution in [1.29, 1.82) is 0 Å². The second-order valence-electron chi connectivity index (χ2n) is 26.4. The number of rotatable bonds is 18. The van der Waals surface area contributed by atoms with Crippen molar-refractivity contribution in [2.45, 2.75) is 148 Å². The van der Waals surface area contributed by atoms with Crippen LogP contribution in [0.2, 0.25) is 0 Å². The molecule has 4 aromatic heterocycles. The van der Waals surface area contributed by atoms with Crippen LogP contribution in [0.3, 0.4) is 0 Å². The molecule has 12 rings (SSSR count). The highest BCUT2D eigenvalue weighted by molar-refractivity contribution is 7.90. The molecule has 4 atom stereocenters. The molecule has 3 fully saturated rings. The first-order valence-corrected chi connectivity index (χ1v) is 35.5. The van der Waals surface area contributed by atoms with Gasteiger partial charge in [-0.05, 0) is 135 Å². The molecule has 94 heavy (non-hydrogen) atoms. The molecule has 0 unspecified atom stereocenters. The Hall–Kier alpha value is -8.42. The fourth-order valence-electron chi connectivity index (χ4n) is 13.7. The lowest BCUT2D eigenvalue weighted by Crippen LogP contribution is -2.59. The van der Waals surface area contributed by atoms with Gasteiger partial charge in [-0.15, -0.1) is 11.3 Å². The van der Waals surface area contributed by atoms with E-state index in [1.165, 1.54) is 34.8 Å². The summed E-state index contributed by atoms with van der Waals surface area (Å²) < 4.78 is 34.2. The maximum absolute atomic E-state index is 14.8. The Kier molecular flexibility index (Phi) is 19.2. The summed E-state index contributed by atoms with van der Waals surface area (Å²) in [6.45, 7) is 12.9. The van der Waals surface area contributed by atoms with Gasteiger partial charge in [0.2, 0.25) is 17.7 Å². The van der Waals surface area contributed by atoms with Crippen LogP contribution in [-0.2, 0) is 50.5 Å². The number of nitrogens with one attached hydrogen (secondary N) is 4. The minimum absolute atomic E-state index is 0.0466. The Morgan fingerprint density at radius 3 is 2.30 bits per heavy atom. The number of carbonyl (C=O) groups is 5. The minimum Gasteiger partial charge on any atom is -0.392 e. The molecule has 24 heteroatoms. The van der Waals surface area contributed by atoms with Gasteiger partial charge in [0.25, 0.3) is 21.8 Å². The molecule has 0 bridgehead atoms. The first-order chi connectivity index (χ1) is 45.1. The molecule has 5 amide bonds. The van der Waals surface area contributed by atoms with E-state index in [0.717, 1.165) is 81.0 Å². The molecule has 8 aromatic rings. The molecule has 1 aliphatic carbocycles. The summed E-state index contributed by atoms with van der Waals surface area (Å²) in [4.78, 5) is 91.7. The zero-order chi connectivity index (χ0) is 66.2. The van der Waals surface area contributed by atoms with Crippen molar-refractivity contribution in [2.75, 3.05) is 41.3 Å². The maximum Gasteiger partial charge on any atom is 0.284 e. The Labute approximate surface area is 555 Å². The number of para-hydroxylation sites is 1. The molecule has 492 valence electrons. The third kappa shape index (κ3) is 14.0. The predicted molar refractivity (Wildman–Crippen MR) is 364 cm³/mol. The van der Waals surface area contributed by atoms with Gasteiger partial charge < -0.3 is 35.5 Å². The van der Waals surface area contributed by atoms with E-state index in [2.05, 4.69) is 30.6 Å². The van der Waals surface area contributed by atoms with Gasteiger partial charge >= 0.3 is 0 Å². The van der Waals surface area contributed by atoms with Crippen molar-refractivity contribution >= 4 is 89.1 Å². The number of benzene rings is 4. The Bertz CT molecular complexity index is 4250. The van der Waals surface area contributed by atoms with Gasteiger partial charge in [0, 0.05) is 85.2 Å². The van der Waals surface area contributed by atoms with Gasteiger partial charge in [0.15, 0.2) is 5.13 Å². The maximum atomic E-state index is 14.8. The van der Waals surface area contributed by atoms with Crippen LogP contribution in [-0.4, -0.2) is 122 Å². The monoisotopic (exact) mass is 1330 g/mol. The Morgan fingerprint density at radius 1 is 0.809 bits per heavy atom. The lowest BCUT2D eigenvalue weighted by Gasteiger charge is -2.38. The summed E-state index contributed by atoms with van der Waals surface area (Å²) in [5.41, 5.74) is 9.49. The number of pyridine rings is 1. The number of β-amino-alcohol motifs (C(OH)–C–C–N with tert-alkyl or cyclic N) is 1. The number of hydrogen-bond donors (Lipinski definition) is 6. The van der Waals surface area contributed by atoms with Gasteiger partial charge in [-0.3, -0.25) is 34.0 Å². The predicted octanol–water partition coefficient (Wildman–Crippen LogP) is 9.89. The first kappa shape index (κ1) is 65.6. The van der Waals surface area contributed by atoms with E-state index in [9.17, 15) is 42.6 Å². The molecular formula is C70H80N12O9S3. The van der Waals surface area contributed by atoms with Crippen molar-refractivity contribution in [3.63, 3.8) is 0 Å². The number of aryl methyl sites for hydroxylation is 1. The standard InChI is InChI=1S/C70H80N12O9S3/c1-41(45-19-21-47(22-20-45)62-42(2)71-40-92-62)73-66(87)58-34-50(84)37-81(58)68(89)63(70(4,5)6)76-64(85)48-28-30-79(31-29-48)57-25-23-51(33-49(57)39-83)94(90,91)78-67(88)61-52(54-35-72-82(43(54)3)36-44-13-8-7-9-14-44)24-26-60(75-61)80-32-27-46-15-12-16-53(55(46)38-80)65(86)77-69-74-56-17-10-11-18-59(56)93-69/h10-12,15-26,33,35,40-41,44,48,50,58,63,83-84H,7-9,13-14,27-32,34,36-39H2,1-6H3,(H,73,87)(H,76,85)(H,78,88)(H,74,77,86)/t41-,50+,58-,63+/m0/s1. The number of nitrogens with zero attached hydrogens (tertiary/aromatic N) is 8. The highest BCUT2D eigenvalue weighted by atomic mass is 32.2. The smallest absolute Gasteiger partial charge is 0.284 e. The fraction of sp³-hybridized carbons (Fsp3) is 0.414. The fourth-order valence-corrected chi connectivity index (χ4v) is 16.3. The quantitative estimate of drug-likeness (QED) is 0.0466. The van der Waals surface area contributed by atoms with Crippen LogP contribution in [0.5, 0.6) is 0 Å². The van der Waals surface area contributed by atoms with Gasteiger partial charge in [-0.25, -0.2) is 28.1 Å². The van der Waals surface area contributed by atoms with Crippen molar-refractivity contribution in [2.24, 2.45) is 17.3 Å². The largest absolute Gasteiger partial charge is 0.392 e. The topological polar surface area (TPSA) is 274 Å². The zero-order valence-electron chi connectivity index (χ0n) is 53.7. The van der Waals surface area contributed by atoms with Gasteiger partial charge in [-0.2, -0.15) is 5.10 Å². The summed E-state index contributed by atoms with van der Waals surface area (Å²) in [6.07, 6.45) is 7.87. The average Bonchev–Trinajstić information content (AvgIpc) is 0.967. The van der Waals surface area contributed by atoms with Crippen molar-refractivity contribution in [3.05, 3.63) is 154 Å². The van der Waals surface area contributed by atoms with Gasteiger partial charge in [0.05, 0.1) is 56.1 Å². The third-order valence-electron chi connectivity index (χ3n) is 19.0. The van der Waals surface area contributed by atoms with Crippen molar-refractivity contribution in [3.8, 4) is 21.6 Å². The van der Waals surface area contributed by atoms with E-state index in [1.54, 1.807) is 41.2 Å². The number of sulfonamides is 1. The van der Waals surface area contributed by atoms with Crippen LogP contribution in [0.15, 0.2) is 114 Å². The number of amides is 5. The van der Waals surface area contributed by atoms with Crippen LogP contribution in [0.1, 0.15) is 140 Å². The second kappa shape index (κ2) is 27.5. The van der Waals surface area contributed by atoms with Crippen LogP contribution in [0, 0.1) is 31.1 Å². The molecular weight excluding hydrogens is 1250 g/mol. The summed E-state index contributed by atoms with van der Waals surface area (Å²) >= 11 is 2.95. The summed E-state index contributed by atoms with van der Waals surface area (Å²) in [5.74, 6) is -2.11. The number of anilines is 3. The van der Waals surface area contributed by atoms with Crippen molar-refractivity contribution < 1.29 is 42.6 Å². The molecule has 7 heterocycles. The van der Waals surface area contributed by atoms with Crippen molar-refractivity contribution in [1.82, 2.24) is 45.0 Å². The Balaban J connectivity index is 0.720. The molecule has 2 saturated heterocycles. The van der Waals surface area contributed by atoms with E-state index in [4.69, 9.17) is 10.1 Å². The van der Waals surface area contributed by atoms with Gasteiger partial charge in [-0.1, -0.05) is 99.9 Å². The average molecular weight is 1330 g/mol. The highest BCUT2D eigenvalue weighted by Crippen LogP contribution is 2.37. The number of aliphatic hydroxyl groups is 2. The first-order valence-electron chi connectivity index (χ1n) is 32.3. The molecule has 0 radical (unpaired) electrons. The number of aliphatic hydroxyl groups excluding tert-OH is 2. The number of hydrogen-bond acceptors (Lipinski definition) is 17. The lowest BCUT2D eigenvalue weighted by atomic mass is 9.84. The van der Waals surface area contributed by atoms with E-state index < -0.39 is 69.9 Å². The highest BCUT2D eigenvalue weighted by Gasteiger charge is 2.45. The number of carbonyl (C=O) groups excluding carboxylic acids is 5. The lowest BCUT2D eigenvalue weighted by molar-refractivity contribution is -0.144. The number of likely N-dealkylation sites (tertiary alicyclic amines) is 1. The second-order valence-corrected chi connectivity index (χ2v) is 30.0. The minimum atomic E-state index is -4.61. The van der Waals surface area contributed by atoms with Crippen LogP contribution < -0.4 is 30.5 Å². The number of fused-ring (bicyclic) bond motifs is 2. The van der Waals surface area contributed by atoms with Gasteiger partial charge in [0.1, 0.15) is 23.6 Å². The zero-order valence-corrected chi connectivity index (χ0v) is 56.2. The number of thiazole rings is 2. The summed E-state index contributed by atoms with van der Waals surface area (Å²) in [6, 6.07) is 26.7. The SMILES string of the molecule is Cc1ncsc1-c1ccc([C@H](C)NC(=O)[C@@H]2C[C@@H](O)CN2C(=O)[C@@H](NC(=O)C2CCN(c3ccc(S(=O)(=O)NC(=O)c4nc(N5CCc6cccc(C(=O)Nc7nc8ccccc8s7)c6C5)ccc4-c4cnn(CC5CCCCC5)c4C)cc3CO)CC2)C(C)(C)C)cc1. The third-order valence-corrected chi connectivity index (χ3v) is 22.3. The molecule has 6 N–H and O–H groups in total. The molecule has 1 saturated carbocycles. The van der Waals surface area contributed by atoms with E-state index in [1.807, 2.05) is 123 Å². The normalized spacial score (nSPS) is 18.0. The van der Waals surface area contributed by atoms with E-state index in [0.29, 0.717) is 78.1 Å². The molecule has 4 aliphatic rings. The van der Waals surface area contributed by atoms with Crippen LogP contribution in [0.4, 0.5) is 16.6 Å². The summed E-state index contributed by atoms with van der Waals surface area (Å²) in [7, 11) is -4.61. The van der Waals surface area contributed by atoms with E-state index in [-0.39, 0.29) is 47.5 Å².